The summed E-state index contributed by atoms with van der Waals surface area (Å²) in [5.74, 6) is -1.46. The van der Waals surface area contributed by atoms with Crippen molar-refractivity contribution in [3.63, 3.8) is 0 Å². The maximum Gasteiger partial charge on any atom is 0.362 e. The van der Waals surface area contributed by atoms with Crippen molar-refractivity contribution in [3.8, 4) is 0 Å². The Morgan fingerprint density at radius 2 is 0.841 bits per heavy atom. The van der Waals surface area contributed by atoms with Crippen LogP contribution in [0.2, 0.25) is 0 Å². The van der Waals surface area contributed by atoms with E-state index in [-0.39, 0.29) is 36.2 Å². The summed E-state index contributed by atoms with van der Waals surface area (Å²) in [4.78, 5) is 37.2. The van der Waals surface area contributed by atoms with Gasteiger partial charge in [0.25, 0.3) is 0 Å². The first-order chi connectivity index (χ1) is 30.6. The van der Waals surface area contributed by atoms with Gasteiger partial charge in [-0.05, 0) is 44.9 Å². The Morgan fingerprint density at radius 3 is 1.22 bits per heavy atom. The molecule has 0 aliphatic carbocycles. The normalized spacial score (nSPS) is 13.0. The molecular formula is C55H104NO7+. The second-order valence-electron chi connectivity index (χ2n) is 19.5. The Balaban J connectivity index is 4.20. The lowest BCUT2D eigenvalue weighted by atomic mass is 10.0. The first-order valence-corrected chi connectivity index (χ1v) is 26.9. The molecule has 0 heterocycles. The zero-order valence-electron chi connectivity index (χ0n) is 42.3. The molecule has 0 fully saturated rings. The van der Waals surface area contributed by atoms with Crippen molar-refractivity contribution >= 4 is 17.9 Å². The van der Waals surface area contributed by atoms with Gasteiger partial charge < -0.3 is 23.8 Å². The summed E-state index contributed by atoms with van der Waals surface area (Å²) < 4.78 is 17.4. The van der Waals surface area contributed by atoms with Gasteiger partial charge in [-0.3, -0.25) is 9.59 Å². The van der Waals surface area contributed by atoms with Crippen LogP contribution in [0.15, 0.2) is 24.3 Å². The summed E-state index contributed by atoms with van der Waals surface area (Å²) >= 11 is 0. The van der Waals surface area contributed by atoms with Crippen molar-refractivity contribution in [1.82, 2.24) is 0 Å². The highest BCUT2D eigenvalue weighted by atomic mass is 16.6. The van der Waals surface area contributed by atoms with Crippen LogP contribution in [0.1, 0.15) is 258 Å². The van der Waals surface area contributed by atoms with E-state index in [9.17, 15) is 19.5 Å². The number of aliphatic carboxylic acids is 1. The molecule has 8 nitrogen and oxygen atoms in total. The molecule has 0 radical (unpaired) electrons. The van der Waals surface area contributed by atoms with Gasteiger partial charge in [-0.2, -0.15) is 0 Å². The lowest BCUT2D eigenvalue weighted by molar-refractivity contribution is -0.887. The van der Waals surface area contributed by atoms with Crippen LogP contribution in [0.3, 0.4) is 0 Å². The molecule has 0 bridgehead atoms. The molecule has 8 heteroatoms. The van der Waals surface area contributed by atoms with E-state index >= 15 is 0 Å². The van der Waals surface area contributed by atoms with Crippen LogP contribution in [-0.4, -0.2) is 80.6 Å². The number of carbonyl (C=O) groups excluding carboxylic acids is 2. The molecular weight excluding hydrogens is 787 g/mol. The summed E-state index contributed by atoms with van der Waals surface area (Å²) in [6.45, 7) is 4.77. The number of rotatable bonds is 49. The molecule has 370 valence electrons. The van der Waals surface area contributed by atoms with E-state index in [0.717, 1.165) is 51.4 Å². The van der Waals surface area contributed by atoms with Gasteiger partial charge in [-0.1, -0.05) is 218 Å². The number of allylic oxidation sites excluding steroid dienone is 4. The van der Waals surface area contributed by atoms with Crippen LogP contribution in [0, 0.1) is 0 Å². The molecule has 0 saturated carbocycles. The molecule has 0 aromatic rings. The summed E-state index contributed by atoms with van der Waals surface area (Å²) in [6.07, 6.45) is 53.7. The molecule has 63 heavy (non-hydrogen) atoms. The highest BCUT2D eigenvalue weighted by molar-refractivity contribution is 5.72. The van der Waals surface area contributed by atoms with E-state index in [1.165, 1.54) is 173 Å². The molecule has 0 aromatic carbocycles. The summed E-state index contributed by atoms with van der Waals surface area (Å²) in [5.41, 5.74) is 0. The minimum Gasteiger partial charge on any atom is -0.477 e. The molecule has 0 aliphatic heterocycles. The zero-order valence-corrected chi connectivity index (χ0v) is 42.3. The number of hydrogen-bond acceptors (Lipinski definition) is 6. The number of carboxylic acids is 1. The third-order valence-electron chi connectivity index (χ3n) is 12.4. The largest absolute Gasteiger partial charge is 0.477 e. The Labute approximate surface area is 390 Å². The van der Waals surface area contributed by atoms with Crippen LogP contribution >= 0.6 is 0 Å². The maximum absolute atomic E-state index is 12.8. The Kier molecular flexibility index (Phi) is 44.7. The topological polar surface area (TPSA) is 99.1 Å². The predicted molar refractivity (Wildman–Crippen MR) is 266 cm³/mol. The number of unbranched alkanes of at least 4 members (excludes halogenated alkanes) is 31. The zero-order chi connectivity index (χ0) is 46.3. The Hall–Kier alpha value is -2.19. The van der Waals surface area contributed by atoms with Gasteiger partial charge in [0.2, 0.25) is 0 Å². The van der Waals surface area contributed by atoms with Crippen LogP contribution < -0.4 is 0 Å². The average Bonchev–Trinajstić information content (AvgIpc) is 3.24. The van der Waals surface area contributed by atoms with E-state index < -0.39 is 18.1 Å². The van der Waals surface area contributed by atoms with E-state index in [1.54, 1.807) is 0 Å². The third-order valence-corrected chi connectivity index (χ3v) is 12.4. The molecule has 0 saturated heterocycles. The number of carboxylic acid groups (broad SMARTS) is 1. The maximum atomic E-state index is 12.8. The summed E-state index contributed by atoms with van der Waals surface area (Å²) in [5, 5.41) is 9.66. The molecule has 1 N–H and O–H groups in total. The first kappa shape index (κ1) is 60.8. The van der Waals surface area contributed by atoms with Crippen molar-refractivity contribution in [1.29, 1.82) is 0 Å². The fourth-order valence-corrected chi connectivity index (χ4v) is 8.18. The smallest absolute Gasteiger partial charge is 0.362 e. The molecule has 0 rings (SSSR count). The van der Waals surface area contributed by atoms with Gasteiger partial charge in [0, 0.05) is 19.3 Å². The van der Waals surface area contributed by atoms with Gasteiger partial charge in [0.15, 0.2) is 12.1 Å². The molecule has 0 aromatic heterocycles. The monoisotopic (exact) mass is 891 g/mol. The number of carbonyl (C=O) groups is 3. The van der Waals surface area contributed by atoms with Gasteiger partial charge in [0.1, 0.15) is 6.61 Å². The first-order valence-electron chi connectivity index (χ1n) is 26.9. The summed E-state index contributed by atoms with van der Waals surface area (Å²) in [6, 6.07) is -0.614. The fraction of sp³-hybridized carbons (Fsp3) is 0.873. The fourth-order valence-electron chi connectivity index (χ4n) is 8.18. The van der Waals surface area contributed by atoms with Crippen molar-refractivity contribution in [2.45, 2.75) is 270 Å². The second kappa shape index (κ2) is 46.3. The van der Waals surface area contributed by atoms with Crippen LogP contribution in [0.5, 0.6) is 0 Å². The van der Waals surface area contributed by atoms with E-state index in [0.29, 0.717) is 19.3 Å². The number of likely N-dealkylation sites (N-methyl/N-ethyl adjacent to an activating group) is 1. The molecule has 0 amide bonds. The minimum atomic E-state index is -0.873. The van der Waals surface area contributed by atoms with Crippen molar-refractivity contribution < 1.29 is 38.2 Å². The van der Waals surface area contributed by atoms with Crippen LogP contribution in [-0.2, 0) is 28.6 Å². The highest BCUT2D eigenvalue weighted by Gasteiger charge is 2.31. The van der Waals surface area contributed by atoms with Crippen molar-refractivity contribution in [2.75, 3.05) is 41.0 Å². The predicted octanol–water partition coefficient (Wildman–Crippen LogP) is 15.6. The van der Waals surface area contributed by atoms with E-state index in [1.807, 2.05) is 21.1 Å². The molecule has 0 spiro atoms. The lowest BCUT2D eigenvalue weighted by Crippen LogP contribution is -2.50. The Bertz CT molecular complexity index is 1080. The average molecular weight is 891 g/mol. The quantitative estimate of drug-likeness (QED) is 0.0281. The van der Waals surface area contributed by atoms with Gasteiger partial charge in [0.05, 0.1) is 34.4 Å². The van der Waals surface area contributed by atoms with Crippen molar-refractivity contribution in [2.24, 2.45) is 0 Å². The second-order valence-corrected chi connectivity index (χ2v) is 19.5. The van der Waals surface area contributed by atoms with Crippen LogP contribution in [0.25, 0.3) is 0 Å². The molecule has 2 unspecified atom stereocenters. The SMILES string of the molecule is CCCCCCCCCCC/C=C/C/C=C/CCCCCCCCCC(=O)OC(COCCC(C(=O)O)[N+](C)(C)C)COC(=O)CCCCCCCCCCCCCCCCCC. The minimum absolute atomic E-state index is 0.0492. The van der Waals surface area contributed by atoms with Gasteiger partial charge >= 0.3 is 17.9 Å². The highest BCUT2D eigenvalue weighted by Crippen LogP contribution is 2.16. The number of esters is 2. The Morgan fingerprint density at radius 1 is 0.476 bits per heavy atom. The number of nitrogens with zero attached hydrogens (tertiary/aromatic N) is 1. The van der Waals surface area contributed by atoms with Gasteiger partial charge in [-0.25, -0.2) is 4.79 Å². The number of ether oxygens (including phenoxy) is 3. The standard InChI is InChI=1S/C55H103NO7/c1-6-8-10-12-14-16-18-20-22-24-25-26-27-28-29-30-32-34-36-38-40-42-44-46-54(58)63-51(49-61-48-47-52(55(59)60)56(3,4)5)50-62-53(57)45-43-41-39-37-35-33-31-23-21-19-17-15-13-11-9-7-2/h25-26,28-29,51-52H,6-24,27,30-50H2,1-5H3/p+1/b26-25+,29-28+. The summed E-state index contributed by atoms with van der Waals surface area (Å²) in [7, 11) is 5.54. The lowest BCUT2D eigenvalue weighted by Gasteiger charge is -2.31. The van der Waals surface area contributed by atoms with Gasteiger partial charge in [-0.15, -0.1) is 0 Å². The third kappa shape index (κ3) is 44.8. The number of hydrogen-bond donors (Lipinski definition) is 1. The van der Waals surface area contributed by atoms with Crippen molar-refractivity contribution in [3.05, 3.63) is 24.3 Å². The number of quaternary nitrogens is 1. The molecule has 0 aliphatic rings. The molecule has 2 atom stereocenters. The van der Waals surface area contributed by atoms with Crippen LogP contribution in [0.4, 0.5) is 0 Å². The van der Waals surface area contributed by atoms with E-state index in [4.69, 9.17) is 14.2 Å². The van der Waals surface area contributed by atoms with E-state index in [2.05, 4.69) is 38.2 Å².